The fraction of sp³-hybridized carbons (Fsp3) is 0.500. The van der Waals surface area contributed by atoms with Crippen molar-refractivity contribution in [2.75, 3.05) is 5.32 Å². The summed E-state index contributed by atoms with van der Waals surface area (Å²) in [6.45, 7) is 5.97. The van der Waals surface area contributed by atoms with Crippen LogP contribution in [0.5, 0.6) is 0 Å². The van der Waals surface area contributed by atoms with Gasteiger partial charge in [0, 0.05) is 10.7 Å². The molecule has 1 heterocycles. The molecule has 17 heavy (non-hydrogen) atoms. The zero-order chi connectivity index (χ0) is 13.0. The Kier molecular flexibility index (Phi) is 5.08. The Hall–Kier alpha value is -0.940. The first-order valence-electron chi connectivity index (χ1n) is 5.58. The van der Waals surface area contributed by atoms with Gasteiger partial charge in [0.2, 0.25) is 5.91 Å². The Morgan fingerprint density at radius 2 is 2.24 bits per heavy atom. The van der Waals surface area contributed by atoms with Gasteiger partial charge in [-0.3, -0.25) is 4.79 Å². The van der Waals surface area contributed by atoms with Crippen LogP contribution in [0.25, 0.3) is 0 Å². The van der Waals surface area contributed by atoms with Crippen LogP contribution in [-0.2, 0) is 4.79 Å². The van der Waals surface area contributed by atoms with Crippen LogP contribution in [0.2, 0.25) is 0 Å². The first-order chi connectivity index (χ1) is 7.90. The highest BCUT2D eigenvalue weighted by molar-refractivity contribution is 9.10. The van der Waals surface area contributed by atoms with E-state index in [1.807, 2.05) is 26.8 Å². The number of hydrogen-bond donors (Lipinski definition) is 2. The molecule has 94 valence electrons. The maximum atomic E-state index is 11.8. The minimum Gasteiger partial charge on any atom is -0.320 e. The monoisotopic (exact) mass is 299 g/mol. The van der Waals surface area contributed by atoms with Crippen LogP contribution < -0.4 is 11.1 Å². The second-order valence-corrected chi connectivity index (χ2v) is 5.46. The summed E-state index contributed by atoms with van der Waals surface area (Å²) in [5.41, 5.74) is 6.70. The van der Waals surface area contributed by atoms with Gasteiger partial charge in [-0.05, 0) is 46.8 Å². The third-order valence-electron chi connectivity index (χ3n) is 2.35. The standard InChI is InChI=1S/C12H18BrN3O/c1-7(2)4-10(14)12(17)16-11-8(3)5-9(13)6-15-11/h5-7,10H,4,14H2,1-3H3,(H,15,16,17)/t10-/m1/s1. The predicted octanol–water partition coefficient (Wildman–Crippen LogP) is 2.46. The topological polar surface area (TPSA) is 68.0 Å². The molecule has 0 aromatic carbocycles. The maximum Gasteiger partial charge on any atom is 0.242 e. The number of rotatable bonds is 4. The lowest BCUT2D eigenvalue weighted by Crippen LogP contribution is -2.37. The van der Waals surface area contributed by atoms with E-state index in [4.69, 9.17) is 5.73 Å². The number of halogens is 1. The highest BCUT2D eigenvalue weighted by atomic mass is 79.9. The van der Waals surface area contributed by atoms with Crippen molar-refractivity contribution in [2.45, 2.75) is 33.2 Å². The van der Waals surface area contributed by atoms with Gasteiger partial charge >= 0.3 is 0 Å². The summed E-state index contributed by atoms with van der Waals surface area (Å²) in [5, 5.41) is 2.75. The summed E-state index contributed by atoms with van der Waals surface area (Å²) >= 11 is 3.32. The van der Waals surface area contributed by atoms with Crippen molar-refractivity contribution in [1.82, 2.24) is 4.98 Å². The molecule has 1 aromatic heterocycles. The van der Waals surface area contributed by atoms with E-state index in [9.17, 15) is 4.79 Å². The Morgan fingerprint density at radius 1 is 1.59 bits per heavy atom. The second kappa shape index (κ2) is 6.12. The van der Waals surface area contributed by atoms with Crippen molar-refractivity contribution >= 4 is 27.7 Å². The molecular formula is C12H18BrN3O. The van der Waals surface area contributed by atoms with Gasteiger partial charge in [-0.15, -0.1) is 0 Å². The molecule has 0 saturated heterocycles. The van der Waals surface area contributed by atoms with Crippen molar-refractivity contribution in [1.29, 1.82) is 0 Å². The zero-order valence-corrected chi connectivity index (χ0v) is 11.9. The fourth-order valence-corrected chi connectivity index (χ4v) is 1.94. The Labute approximate surface area is 110 Å². The number of pyridine rings is 1. The molecule has 1 aromatic rings. The van der Waals surface area contributed by atoms with Crippen molar-refractivity contribution in [3.8, 4) is 0 Å². The largest absolute Gasteiger partial charge is 0.320 e. The van der Waals surface area contributed by atoms with Crippen molar-refractivity contribution < 1.29 is 4.79 Å². The highest BCUT2D eigenvalue weighted by Crippen LogP contribution is 2.17. The molecule has 1 amide bonds. The van der Waals surface area contributed by atoms with E-state index in [2.05, 4.69) is 26.2 Å². The predicted molar refractivity (Wildman–Crippen MR) is 72.7 cm³/mol. The normalized spacial score (nSPS) is 12.6. The van der Waals surface area contributed by atoms with E-state index in [1.54, 1.807) is 6.20 Å². The molecule has 0 spiro atoms. The molecule has 4 nitrogen and oxygen atoms in total. The van der Waals surface area contributed by atoms with Crippen LogP contribution >= 0.6 is 15.9 Å². The number of hydrogen-bond acceptors (Lipinski definition) is 3. The Morgan fingerprint density at radius 3 is 2.76 bits per heavy atom. The lowest BCUT2D eigenvalue weighted by Gasteiger charge is -2.14. The summed E-state index contributed by atoms with van der Waals surface area (Å²) in [4.78, 5) is 15.9. The van der Waals surface area contributed by atoms with Gasteiger partial charge in [-0.2, -0.15) is 0 Å². The smallest absolute Gasteiger partial charge is 0.242 e. The van der Waals surface area contributed by atoms with E-state index < -0.39 is 6.04 Å². The van der Waals surface area contributed by atoms with E-state index in [-0.39, 0.29) is 5.91 Å². The minimum atomic E-state index is -0.486. The van der Waals surface area contributed by atoms with Crippen LogP contribution in [0.1, 0.15) is 25.8 Å². The van der Waals surface area contributed by atoms with Crippen molar-refractivity contribution in [3.63, 3.8) is 0 Å². The van der Waals surface area contributed by atoms with Crippen LogP contribution in [0.4, 0.5) is 5.82 Å². The molecule has 1 atom stereocenters. The van der Waals surface area contributed by atoms with Gasteiger partial charge in [-0.1, -0.05) is 13.8 Å². The third-order valence-corrected chi connectivity index (χ3v) is 2.78. The lowest BCUT2D eigenvalue weighted by molar-refractivity contribution is -0.117. The van der Waals surface area contributed by atoms with Gasteiger partial charge in [0.1, 0.15) is 5.82 Å². The summed E-state index contributed by atoms with van der Waals surface area (Å²) in [6, 6.07) is 1.41. The maximum absolute atomic E-state index is 11.8. The Balaban J connectivity index is 2.67. The average Bonchev–Trinajstić information content (AvgIpc) is 2.21. The van der Waals surface area contributed by atoms with Crippen LogP contribution in [0, 0.1) is 12.8 Å². The highest BCUT2D eigenvalue weighted by Gasteiger charge is 2.16. The third kappa shape index (κ3) is 4.44. The van der Waals surface area contributed by atoms with E-state index in [1.165, 1.54) is 0 Å². The molecule has 0 fully saturated rings. The molecule has 0 radical (unpaired) electrons. The number of nitrogens with one attached hydrogen (secondary N) is 1. The molecule has 1 rings (SSSR count). The van der Waals surface area contributed by atoms with Gasteiger partial charge in [-0.25, -0.2) is 4.98 Å². The quantitative estimate of drug-likeness (QED) is 0.897. The van der Waals surface area contributed by atoms with Gasteiger partial charge in [0.25, 0.3) is 0 Å². The summed E-state index contributed by atoms with van der Waals surface area (Å²) in [6.07, 6.45) is 2.32. The number of carbonyl (C=O) groups excluding carboxylic acids is 1. The average molecular weight is 300 g/mol. The molecule has 3 N–H and O–H groups in total. The number of anilines is 1. The van der Waals surface area contributed by atoms with Crippen molar-refractivity contribution in [2.24, 2.45) is 11.7 Å². The molecular weight excluding hydrogens is 282 g/mol. The van der Waals surface area contributed by atoms with E-state index >= 15 is 0 Å². The number of nitrogens with two attached hydrogens (primary N) is 1. The number of aryl methyl sites for hydroxylation is 1. The molecule has 0 saturated carbocycles. The molecule has 0 aliphatic carbocycles. The number of nitrogens with zero attached hydrogens (tertiary/aromatic N) is 1. The van der Waals surface area contributed by atoms with Gasteiger partial charge < -0.3 is 11.1 Å². The van der Waals surface area contributed by atoms with Crippen molar-refractivity contribution in [3.05, 3.63) is 22.3 Å². The second-order valence-electron chi connectivity index (χ2n) is 4.54. The zero-order valence-electron chi connectivity index (χ0n) is 10.3. The molecule has 0 bridgehead atoms. The van der Waals surface area contributed by atoms with E-state index in [0.29, 0.717) is 18.2 Å². The summed E-state index contributed by atoms with van der Waals surface area (Å²) in [7, 11) is 0. The van der Waals surface area contributed by atoms with Crippen LogP contribution in [0.3, 0.4) is 0 Å². The minimum absolute atomic E-state index is 0.184. The van der Waals surface area contributed by atoms with Gasteiger partial charge in [0.15, 0.2) is 0 Å². The lowest BCUT2D eigenvalue weighted by atomic mass is 10.0. The summed E-state index contributed by atoms with van der Waals surface area (Å²) in [5.74, 6) is 0.781. The summed E-state index contributed by atoms with van der Waals surface area (Å²) < 4.78 is 0.888. The Bertz CT molecular complexity index is 407. The van der Waals surface area contributed by atoms with Gasteiger partial charge in [0.05, 0.1) is 6.04 Å². The number of aromatic nitrogens is 1. The number of amides is 1. The molecule has 5 heteroatoms. The van der Waals surface area contributed by atoms with Crippen LogP contribution in [-0.4, -0.2) is 16.9 Å². The fourth-order valence-electron chi connectivity index (χ4n) is 1.50. The van der Waals surface area contributed by atoms with Crippen LogP contribution in [0.15, 0.2) is 16.7 Å². The first kappa shape index (κ1) is 14.1. The number of carbonyl (C=O) groups is 1. The SMILES string of the molecule is Cc1cc(Br)cnc1NC(=O)[C@H](N)CC(C)C. The van der Waals surface area contributed by atoms with E-state index in [0.717, 1.165) is 10.0 Å². The molecule has 0 aliphatic heterocycles. The molecule has 0 unspecified atom stereocenters. The molecule has 0 aliphatic rings. The first-order valence-corrected chi connectivity index (χ1v) is 6.38.